The predicted octanol–water partition coefficient (Wildman–Crippen LogP) is 1.97. The average Bonchev–Trinajstić information content (AvgIpc) is 2.23. The van der Waals surface area contributed by atoms with Crippen LogP contribution in [-0.2, 0) is 19.0 Å². The molecular formula is C12H22O4. The molecule has 0 radical (unpaired) electrons. The highest BCUT2D eigenvalue weighted by atomic mass is 16.7. The second-order valence-corrected chi connectivity index (χ2v) is 4.48. The van der Waals surface area contributed by atoms with E-state index in [1.54, 1.807) is 0 Å². The number of hydrogen-bond donors (Lipinski definition) is 0. The summed E-state index contributed by atoms with van der Waals surface area (Å²) in [6.45, 7) is 8.91. The first-order valence-corrected chi connectivity index (χ1v) is 5.96. The van der Waals surface area contributed by atoms with Gasteiger partial charge < -0.3 is 14.2 Å². The molecule has 4 atom stereocenters. The van der Waals surface area contributed by atoms with Gasteiger partial charge in [-0.1, -0.05) is 20.8 Å². The summed E-state index contributed by atoms with van der Waals surface area (Å²) in [5, 5.41) is 0. The van der Waals surface area contributed by atoms with Crippen molar-refractivity contribution in [2.45, 2.75) is 46.5 Å². The molecule has 1 aliphatic heterocycles. The molecule has 4 heteroatoms. The molecule has 4 nitrogen and oxygen atoms in total. The lowest BCUT2D eigenvalue weighted by atomic mass is 9.88. The first kappa shape index (κ1) is 13.5. The predicted molar refractivity (Wildman–Crippen MR) is 59.9 cm³/mol. The Kier molecular flexibility index (Phi) is 5.22. The summed E-state index contributed by atoms with van der Waals surface area (Å²) in [6.07, 6.45) is 0.235. The molecule has 0 amide bonds. The van der Waals surface area contributed by atoms with Crippen LogP contribution in [0.5, 0.6) is 0 Å². The van der Waals surface area contributed by atoms with Crippen molar-refractivity contribution in [2.75, 3.05) is 13.2 Å². The zero-order valence-corrected chi connectivity index (χ0v) is 10.6. The van der Waals surface area contributed by atoms with Crippen molar-refractivity contribution in [2.24, 2.45) is 11.8 Å². The Morgan fingerprint density at radius 3 is 2.69 bits per heavy atom. The maximum Gasteiger partial charge on any atom is 0.303 e. The lowest BCUT2D eigenvalue weighted by Crippen LogP contribution is -2.48. The Morgan fingerprint density at radius 2 is 2.12 bits per heavy atom. The summed E-state index contributed by atoms with van der Waals surface area (Å²) in [5.41, 5.74) is 0. The van der Waals surface area contributed by atoms with Gasteiger partial charge in [-0.3, -0.25) is 4.79 Å². The van der Waals surface area contributed by atoms with Crippen LogP contribution in [0.1, 0.15) is 34.1 Å². The lowest BCUT2D eigenvalue weighted by Gasteiger charge is -2.38. The third-order valence-electron chi connectivity index (χ3n) is 3.00. The molecule has 16 heavy (non-hydrogen) atoms. The largest absolute Gasteiger partial charge is 0.457 e. The summed E-state index contributed by atoms with van der Waals surface area (Å²) in [4.78, 5) is 11.1. The highest BCUT2D eigenvalue weighted by molar-refractivity contribution is 5.66. The van der Waals surface area contributed by atoms with E-state index < -0.39 is 6.29 Å². The van der Waals surface area contributed by atoms with Gasteiger partial charge in [0, 0.05) is 19.4 Å². The minimum atomic E-state index is -0.407. The van der Waals surface area contributed by atoms with Gasteiger partial charge in [0.1, 0.15) is 0 Å². The molecular weight excluding hydrogens is 208 g/mol. The molecule has 1 rings (SSSR count). The fraction of sp³-hybridized carbons (Fsp3) is 0.917. The van der Waals surface area contributed by atoms with Crippen LogP contribution in [0.2, 0.25) is 0 Å². The van der Waals surface area contributed by atoms with Gasteiger partial charge in [0.15, 0.2) is 12.4 Å². The van der Waals surface area contributed by atoms with Crippen LogP contribution in [0, 0.1) is 11.8 Å². The highest BCUT2D eigenvalue weighted by Gasteiger charge is 2.38. The van der Waals surface area contributed by atoms with Crippen LogP contribution in [0.3, 0.4) is 0 Å². The van der Waals surface area contributed by atoms with Crippen LogP contribution < -0.4 is 0 Å². The molecule has 0 bridgehead atoms. The van der Waals surface area contributed by atoms with E-state index >= 15 is 0 Å². The molecule has 0 aromatic rings. The number of rotatable bonds is 4. The van der Waals surface area contributed by atoms with Crippen molar-refractivity contribution in [3.05, 3.63) is 0 Å². The molecule has 0 N–H and O–H groups in total. The fourth-order valence-electron chi connectivity index (χ4n) is 1.80. The Morgan fingerprint density at radius 1 is 1.44 bits per heavy atom. The van der Waals surface area contributed by atoms with E-state index in [-0.39, 0.29) is 18.0 Å². The Bertz CT molecular complexity index is 227. The van der Waals surface area contributed by atoms with Gasteiger partial charge in [0.05, 0.1) is 6.61 Å². The topological polar surface area (TPSA) is 44.8 Å². The summed E-state index contributed by atoms with van der Waals surface area (Å²) in [7, 11) is 0. The van der Waals surface area contributed by atoms with E-state index in [1.807, 2.05) is 6.92 Å². The third kappa shape index (κ3) is 3.46. The maximum atomic E-state index is 11.1. The summed E-state index contributed by atoms with van der Waals surface area (Å²) < 4.78 is 16.4. The van der Waals surface area contributed by atoms with Gasteiger partial charge in [0.25, 0.3) is 0 Å². The zero-order valence-electron chi connectivity index (χ0n) is 10.6. The monoisotopic (exact) mass is 230 g/mol. The molecule has 1 heterocycles. The average molecular weight is 230 g/mol. The fourth-order valence-corrected chi connectivity index (χ4v) is 1.80. The summed E-state index contributed by atoms with van der Waals surface area (Å²) >= 11 is 0. The molecule has 94 valence electrons. The first-order chi connectivity index (χ1) is 7.56. The number of esters is 1. The van der Waals surface area contributed by atoms with E-state index in [1.165, 1.54) is 6.92 Å². The Labute approximate surface area is 97.2 Å². The Balaban J connectivity index is 2.61. The van der Waals surface area contributed by atoms with E-state index in [4.69, 9.17) is 14.2 Å². The van der Waals surface area contributed by atoms with Crippen LogP contribution in [0.25, 0.3) is 0 Å². The molecule has 0 aromatic heterocycles. The smallest absolute Gasteiger partial charge is 0.303 e. The summed E-state index contributed by atoms with van der Waals surface area (Å²) in [5.74, 6) is 0.366. The van der Waals surface area contributed by atoms with Crippen molar-refractivity contribution in [3.8, 4) is 0 Å². The molecule has 1 aliphatic rings. The normalized spacial score (nSPS) is 34.8. The maximum absolute atomic E-state index is 11.1. The van der Waals surface area contributed by atoms with Gasteiger partial charge >= 0.3 is 5.97 Å². The molecule has 0 spiro atoms. The number of carbonyl (C=O) groups excluding carboxylic acids is 1. The highest BCUT2D eigenvalue weighted by Crippen LogP contribution is 2.28. The molecule has 1 saturated heterocycles. The first-order valence-electron chi connectivity index (χ1n) is 5.96. The molecule has 0 aromatic carbocycles. The van der Waals surface area contributed by atoms with E-state index in [9.17, 15) is 4.79 Å². The molecule has 0 aliphatic carbocycles. The number of carbonyl (C=O) groups is 1. The van der Waals surface area contributed by atoms with Gasteiger partial charge in [0.2, 0.25) is 0 Å². The minimum Gasteiger partial charge on any atom is -0.457 e. The molecule has 1 fully saturated rings. The summed E-state index contributed by atoms with van der Waals surface area (Å²) in [6, 6.07) is 0. The minimum absolute atomic E-state index is 0.263. The third-order valence-corrected chi connectivity index (χ3v) is 3.00. The number of hydrogen-bond acceptors (Lipinski definition) is 4. The van der Waals surface area contributed by atoms with Crippen LogP contribution in [-0.4, -0.2) is 31.6 Å². The van der Waals surface area contributed by atoms with Gasteiger partial charge in [-0.15, -0.1) is 0 Å². The van der Waals surface area contributed by atoms with Crippen LogP contribution in [0.15, 0.2) is 0 Å². The Hall–Kier alpha value is -0.610. The van der Waals surface area contributed by atoms with Gasteiger partial charge in [-0.25, -0.2) is 0 Å². The van der Waals surface area contributed by atoms with Crippen LogP contribution >= 0.6 is 0 Å². The second kappa shape index (κ2) is 6.21. The number of ether oxygens (including phenoxy) is 3. The van der Waals surface area contributed by atoms with Crippen molar-refractivity contribution in [1.29, 1.82) is 0 Å². The molecule has 1 unspecified atom stereocenters. The zero-order chi connectivity index (χ0) is 12.1. The van der Waals surface area contributed by atoms with Gasteiger partial charge in [-0.05, 0) is 12.3 Å². The SMILES string of the molecule is CCCO[C@@H]1OC[C@@H](C)[C@H](C)C1OC(C)=O. The van der Waals surface area contributed by atoms with Crippen molar-refractivity contribution in [1.82, 2.24) is 0 Å². The quantitative estimate of drug-likeness (QED) is 0.693. The van der Waals surface area contributed by atoms with Gasteiger partial charge in [-0.2, -0.15) is 0 Å². The van der Waals surface area contributed by atoms with E-state index in [0.717, 1.165) is 6.42 Å². The van der Waals surface area contributed by atoms with Crippen LogP contribution in [0.4, 0.5) is 0 Å². The van der Waals surface area contributed by atoms with Crippen molar-refractivity contribution in [3.63, 3.8) is 0 Å². The van der Waals surface area contributed by atoms with Crippen molar-refractivity contribution >= 4 is 5.97 Å². The lowest BCUT2D eigenvalue weighted by molar-refractivity contribution is -0.250. The standard InChI is InChI=1S/C12H22O4/c1-5-6-14-12-11(16-10(4)13)9(3)8(2)7-15-12/h8-9,11-12H,5-7H2,1-4H3/t8-,9+,11?,12-/m1/s1. The van der Waals surface area contributed by atoms with Crippen molar-refractivity contribution < 1.29 is 19.0 Å². The second-order valence-electron chi connectivity index (χ2n) is 4.48. The van der Waals surface area contributed by atoms with E-state index in [0.29, 0.717) is 19.1 Å². The molecule has 0 saturated carbocycles. The van der Waals surface area contributed by atoms with E-state index in [2.05, 4.69) is 13.8 Å².